The molecule has 9 heteroatoms. The van der Waals surface area contributed by atoms with E-state index in [1.807, 2.05) is 0 Å². The maximum Gasteiger partial charge on any atom is 0.321 e. The second kappa shape index (κ2) is 7.39. The summed E-state index contributed by atoms with van der Waals surface area (Å²) in [7, 11) is 0. The van der Waals surface area contributed by atoms with E-state index in [9.17, 15) is 14.7 Å². The summed E-state index contributed by atoms with van der Waals surface area (Å²) >= 11 is 12.2. The third kappa shape index (κ3) is 3.05. The van der Waals surface area contributed by atoms with Crippen molar-refractivity contribution in [3.63, 3.8) is 0 Å². The van der Waals surface area contributed by atoms with Gasteiger partial charge in [0.15, 0.2) is 11.0 Å². The fourth-order valence-electron chi connectivity index (χ4n) is 6.31. The lowest BCUT2D eigenvalue weighted by molar-refractivity contribution is -0.139. The summed E-state index contributed by atoms with van der Waals surface area (Å²) < 4.78 is 15.4. The van der Waals surface area contributed by atoms with Crippen molar-refractivity contribution in [2.75, 3.05) is 5.32 Å². The number of aromatic nitrogens is 1. The molecule has 6 nitrogen and oxygen atoms in total. The molecule has 1 aromatic carbocycles. The van der Waals surface area contributed by atoms with Gasteiger partial charge < -0.3 is 10.4 Å². The number of benzene rings is 1. The molecule has 5 rings (SSSR count). The molecule has 3 aliphatic rings. The third-order valence-electron chi connectivity index (χ3n) is 7.93. The molecule has 0 radical (unpaired) electrons. The largest absolute Gasteiger partial charge is 0.480 e. The van der Waals surface area contributed by atoms with Crippen LogP contribution >= 0.6 is 23.2 Å². The van der Waals surface area contributed by atoms with Crippen LogP contribution in [-0.4, -0.2) is 33.5 Å². The lowest BCUT2D eigenvalue weighted by atomic mass is 9.53. The Morgan fingerprint density at radius 2 is 1.88 bits per heavy atom. The predicted molar refractivity (Wildman–Crippen MR) is 123 cm³/mol. The van der Waals surface area contributed by atoms with Crippen LogP contribution < -0.4 is 10.6 Å². The summed E-state index contributed by atoms with van der Waals surface area (Å²) in [4.78, 5) is 30.4. The highest BCUT2D eigenvalue weighted by molar-refractivity contribution is 6.31. The molecular weight excluding hydrogens is 468 g/mol. The van der Waals surface area contributed by atoms with Crippen LogP contribution in [0.15, 0.2) is 30.5 Å². The van der Waals surface area contributed by atoms with E-state index in [0.717, 1.165) is 12.8 Å². The van der Waals surface area contributed by atoms with Crippen molar-refractivity contribution in [3.05, 3.63) is 57.6 Å². The second-order valence-corrected chi connectivity index (χ2v) is 10.9. The predicted octanol–water partition coefficient (Wildman–Crippen LogP) is 4.90. The van der Waals surface area contributed by atoms with E-state index >= 15 is 4.39 Å². The van der Waals surface area contributed by atoms with Crippen LogP contribution in [0.2, 0.25) is 10.2 Å². The van der Waals surface area contributed by atoms with Crippen molar-refractivity contribution in [1.29, 1.82) is 0 Å². The lowest BCUT2D eigenvalue weighted by Crippen LogP contribution is -2.61. The van der Waals surface area contributed by atoms with Gasteiger partial charge in [-0.3, -0.25) is 14.9 Å². The van der Waals surface area contributed by atoms with E-state index < -0.39 is 34.7 Å². The van der Waals surface area contributed by atoms with Crippen molar-refractivity contribution in [2.24, 2.45) is 5.41 Å². The highest BCUT2D eigenvalue weighted by Gasteiger charge is 2.73. The van der Waals surface area contributed by atoms with Crippen LogP contribution in [0, 0.1) is 11.2 Å². The van der Waals surface area contributed by atoms with Crippen molar-refractivity contribution in [2.45, 2.75) is 62.4 Å². The van der Waals surface area contributed by atoms with Gasteiger partial charge in [-0.1, -0.05) is 43.1 Å². The van der Waals surface area contributed by atoms with Gasteiger partial charge in [-0.2, -0.15) is 0 Å². The van der Waals surface area contributed by atoms with Crippen LogP contribution in [0.3, 0.4) is 0 Å². The number of carbonyl (C=O) groups is 2. The summed E-state index contributed by atoms with van der Waals surface area (Å²) in [6.07, 6.45) is 4.05. The SMILES string of the molecule is CC1(C)CCC2(CC1)N[C@@H](C(=O)O)C(c1ccnc(Cl)c1F)[C@]21C(=O)Nc2cc(Cl)ccc21. The van der Waals surface area contributed by atoms with Crippen molar-refractivity contribution in [1.82, 2.24) is 10.3 Å². The fourth-order valence-corrected chi connectivity index (χ4v) is 6.65. The Bertz CT molecular complexity index is 1180. The summed E-state index contributed by atoms with van der Waals surface area (Å²) in [6.45, 7) is 4.33. The van der Waals surface area contributed by atoms with Gasteiger partial charge in [0, 0.05) is 28.4 Å². The minimum Gasteiger partial charge on any atom is -0.480 e. The van der Waals surface area contributed by atoms with E-state index in [1.165, 1.54) is 12.3 Å². The van der Waals surface area contributed by atoms with Crippen molar-refractivity contribution in [3.8, 4) is 0 Å². The number of hydrogen-bond donors (Lipinski definition) is 3. The first kappa shape index (κ1) is 22.6. The Morgan fingerprint density at radius 3 is 2.55 bits per heavy atom. The van der Waals surface area contributed by atoms with E-state index in [4.69, 9.17) is 23.2 Å². The zero-order valence-corrected chi connectivity index (χ0v) is 19.7. The molecule has 174 valence electrons. The average molecular weight is 492 g/mol. The quantitative estimate of drug-likeness (QED) is 0.519. The normalized spacial score (nSPS) is 29.3. The molecule has 3 heterocycles. The summed E-state index contributed by atoms with van der Waals surface area (Å²) in [5.41, 5.74) is -0.983. The zero-order valence-electron chi connectivity index (χ0n) is 18.2. The molecule has 3 atom stereocenters. The van der Waals surface area contributed by atoms with E-state index in [0.29, 0.717) is 29.1 Å². The molecule has 2 aromatic rings. The van der Waals surface area contributed by atoms with E-state index in [2.05, 4.69) is 29.5 Å². The van der Waals surface area contributed by atoms with Gasteiger partial charge in [0.05, 0.1) is 0 Å². The number of nitrogens with one attached hydrogen (secondary N) is 2. The maximum atomic E-state index is 15.4. The number of anilines is 1. The molecule has 0 bridgehead atoms. The standard InChI is InChI=1S/C24H24Cl2FN3O3/c1-22(2)6-8-23(9-7-22)24(14-4-3-12(25)11-15(14)29-21(24)33)16(18(30-23)20(31)32)13-5-10-28-19(26)17(13)27/h3-5,10-11,16,18,30H,6-9H2,1-2H3,(H,29,33)(H,31,32)/t16?,18-,24-/m1/s1. The summed E-state index contributed by atoms with van der Waals surface area (Å²) in [5, 5.41) is 16.6. The molecule has 2 spiro atoms. The smallest absolute Gasteiger partial charge is 0.321 e. The number of amides is 1. The van der Waals surface area contributed by atoms with Crippen molar-refractivity contribution < 1.29 is 19.1 Å². The summed E-state index contributed by atoms with van der Waals surface area (Å²) in [5.74, 6) is -3.35. The molecule has 2 aliphatic heterocycles. The number of hydrogen-bond acceptors (Lipinski definition) is 4. The third-order valence-corrected chi connectivity index (χ3v) is 8.43. The monoisotopic (exact) mass is 491 g/mol. The van der Waals surface area contributed by atoms with Gasteiger partial charge in [-0.05, 0) is 60.4 Å². The maximum absolute atomic E-state index is 15.4. The van der Waals surface area contributed by atoms with Crippen LogP contribution in [0.25, 0.3) is 0 Å². The van der Waals surface area contributed by atoms with Gasteiger partial charge in [-0.15, -0.1) is 0 Å². The molecule has 1 amide bonds. The highest BCUT2D eigenvalue weighted by Crippen LogP contribution is 2.63. The van der Waals surface area contributed by atoms with Gasteiger partial charge in [0.1, 0.15) is 11.5 Å². The van der Waals surface area contributed by atoms with E-state index in [1.54, 1.807) is 18.2 Å². The molecule has 1 unspecified atom stereocenters. The lowest BCUT2D eigenvalue weighted by Gasteiger charge is -2.50. The number of aliphatic carboxylic acids is 1. The van der Waals surface area contributed by atoms with Gasteiger partial charge >= 0.3 is 5.97 Å². The number of halogens is 3. The van der Waals surface area contributed by atoms with Crippen molar-refractivity contribution >= 4 is 40.8 Å². The molecule has 3 N–H and O–H groups in total. The van der Waals surface area contributed by atoms with Crippen LogP contribution in [0.4, 0.5) is 10.1 Å². The number of carboxylic acids is 1. The Balaban J connectivity index is 1.83. The molecule has 1 saturated carbocycles. The first-order valence-electron chi connectivity index (χ1n) is 10.9. The Morgan fingerprint density at radius 1 is 1.18 bits per heavy atom. The Kier molecular flexibility index (Phi) is 5.05. The first-order chi connectivity index (χ1) is 15.5. The number of fused-ring (bicyclic) bond motifs is 3. The van der Waals surface area contributed by atoms with Crippen LogP contribution in [0.5, 0.6) is 0 Å². The topological polar surface area (TPSA) is 91.3 Å². The molecule has 33 heavy (non-hydrogen) atoms. The number of carbonyl (C=O) groups excluding carboxylic acids is 1. The molecular formula is C24H24Cl2FN3O3. The molecule has 1 saturated heterocycles. The molecule has 1 aliphatic carbocycles. The van der Waals surface area contributed by atoms with E-state index in [-0.39, 0.29) is 22.0 Å². The number of nitrogens with zero attached hydrogens (tertiary/aromatic N) is 1. The minimum atomic E-state index is -1.36. The number of rotatable bonds is 2. The minimum absolute atomic E-state index is 0.0497. The zero-order chi connectivity index (χ0) is 23.8. The number of carboxylic acid groups (broad SMARTS) is 1. The molecule has 2 fully saturated rings. The second-order valence-electron chi connectivity index (χ2n) is 10.1. The van der Waals surface area contributed by atoms with Gasteiger partial charge in [-0.25, -0.2) is 9.37 Å². The van der Waals surface area contributed by atoms with Gasteiger partial charge in [0.2, 0.25) is 5.91 Å². The highest BCUT2D eigenvalue weighted by atomic mass is 35.5. The first-order valence-corrected chi connectivity index (χ1v) is 11.7. The van der Waals surface area contributed by atoms with Crippen LogP contribution in [0.1, 0.15) is 56.6 Å². The van der Waals surface area contributed by atoms with Gasteiger partial charge in [0.25, 0.3) is 0 Å². The average Bonchev–Trinajstić information content (AvgIpc) is 3.20. The Labute approximate surface area is 200 Å². The number of pyridine rings is 1. The van der Waals surface area contributed by atoms with Crippen LogP contribution in [-0.2, 0) is 15.0 Å². The molecule has 1 aromatic heterocycles. The fraction of sp³-hybridized carbons (Fsp3) is 0.458. The summed E-state index contributed by atoms with van der Waals surface area (Å²) in [6, 6.07) is 5.33. The Hall–Kier alpha value is -2.22.